The van der Waals surface area contributed by atoms with E-state index in [1.165, 1.54) is 6.92 Å². The van der Waals surface area contributed by atoms with Crippen molar-refractivity contribution < 1.29 is 129 Å². The Morgan fingerprint density at radius 1 is 0.616 bits per heavy atom. The smallest absolute Gasteiger partial charge is 0.314 e. The zero-order valence-electron chi connectivity index (χ0n) is 50.7. The molecule has 0 radical (unpaired) electrons. The van der Waals surface area contributed by atoms with Crippen LogP contribution in [0.25, 0.3) is 0 Å². The molecule has 26 heteroatoms. The highest BCUT2D eigenvalue weighted by Crippen LogP contribution is 2.78. The van der Waals surface area contributed by atoms with Crippen LogP contribution in [0.4, 0.5) is 0 Å². The first kappa shape index (κ1) is 68.6. The summed E-state index contributed by atoms with van der Waals surface area (Å²) in [6.45, 7) is 18.0. The Balaban J connectivity index is 0.880. The van der Waals surface area contributed by atoms with Gasteiger partial charge in [0.25, 0.3) is 0 Å². The average molecular weight is 1240 g/mol. The van der Waals surface area contributed by atoms with Gasteiger partial charge in [-0.2, -0.15) is 0 Å². The molecule has 86 heavy (non-hydrogen) atoms. The number of ether oxygens (including phenoxy) is 9. The molecule has 5 saturated carbocycles. The van der Waals surface area contributed by atoms with Crippen LogP contribution in [-0.2, 0) is 47.4 Å². The summed E-state index contributed by atoms with van der Waals surface area (Å²) in [6, 6.07) is 0. The van der Waals surface area contributed by atoms with Crippen LogP contribution in [-0.4, -0.2) is 262 Å². The molecule has 26 nitrogen and oxygen atoms in total. The molecule has 0 amide bonds. The summed E-state index contributed by atoms with van der Waals surface area (Å²) in [7, 11) is 0. The van der Waals surface area contributed by atoms with Crippen LogP contribution in [0, 0.1) is 62.6 Å². The average Bonchev–Trinajstić information content (AvgIpc) is 1.00. The molecular weight excluding hydrogens is 1140 g/mol. The largest absolute Gasteiger partial charge is 0.432 e. The normalized spacial score (nSPS) is 51.9. The Hall–Kier alpha value is -1.75. The number of hydrogen-bond donors (Lipinski definition) is 16. The number of aliphatic hydroxyl groups excluding tert-OH is 16. The van der Waals surface area contributed by atoms with Gasteiger partial charge in [0.05, 0.1) is 50.2 Å². The fourth-order valence-corrected chi connectivity index (χ4v) is 18.1. The maximum atomic E-state index is 15.2. The molecule has 0 aromatic heterocycles. The molecule has 4 saturated heterocycles. The highest BCUT2D eigenvalue weighted by atomic mass is 16.8. The van der Waals surface area contributed by atoms with Gasteiger partial charge in [-0.15, -0.1) is 0 Å². The molecule has 34 atom stereocenters. The maximum absolute atomic E-state index is 15.2. The van der Waals surface area contributed by atoms with Gasteiger partial charge in [0.2, 0.25) is 6.29 Å². The third-order valence-electron chi connectivity index (χ3n) is 23.5. The molecule has 9 fully saturated rings. The zero-order chi connectivity index (χ0) is 63.2. The number of fused-ring (bicyclic) bond motifs is 7. The second kappa shape index (κ2) is 26.0. The summed E-state index contributed by atoms with van der Waals surface area (Å²) >= 11 is 0. The molecule has 0 bridgehead atoms. The Morgan fingerprint density at radius 2 is 1.27 bits per heavy atom. The molecule has 9 aliphatic rings. The minimum absolute atomic E-state index is 0.00293. The minimum Gasteiger partial charge on any atom is -0.432 e. The predicted molar refractivity (Wildman–Crippen MR) is 294 cm³/mol. The van der Waals surface area contributed by atoms with E-state index < -0.39 is 183 Å². The van der Waals surface area contributed by atoms with Gasteiger partial charge >= 0.3 is 5.97 Å². The quantitative estimate of drug-likeness (QED) is 0.0293. The number of aliphatic hydroxyl groups is 16. The van der Waals surface area contributed by atoms with Gasteiger partial charge in [0, 0.05) is 5.41 Å². The van der Waals surface area contributed by atoms with Crippen LogP contribution in [0.3, 0.4) is 0 Å². The third kappa shape index (κ3) is 11.6. The lowest BCUT2D eigenvalue weighted by Gasteiger charge is -2.73. The monoisotopic (exact) mass is 1240 g/mol. The van der Waals surface area contributed by atoms with Crippen molar-refractivity contribution in [1.29, 1.82) is 0 Å². The third-order valence-corrected chi connectivity index (χ3v) is 23.5. The lowest BCUT2D eigenvalue weighted by molar-refractivity contribution is -0.361. The standard InChI is InChI=1S/C60H100O26/c1-24(2)27-12-17-60(55(77)86-53-46(74)42(70)39(67)31(82-53)22-79-51-47(75)43(71)48(30(20-61)81-51)85-52-45(73)41(69)37(65)26(5)80-52)19-18-58(8)28(35(27)60)10-11-33-56(6)15-14-34(57(7,23-62)32(56)13-16-59(33,58)9)83-54-49(38(66)29(63)21-78-54)84-50(76)44(72)40(68)36(64)25(3)4/h25-54,61-76H,1,10-23H2,2-9H3/t26-,27-,28+,29-,30+,31?,32?,33+,34-,35+,36-,37-,38-,39+,40+,41+,42-,43+,44+,45+,46+,47+,48+,49+,50-,51?,52-,53?,54-,56-,57-,58+,59+,60-/m0/s1. The summed E-state index contributed by atoms with van der Waals surface area (Å²) in [4.78, 5) is 15.2. The molecule has 0 spiro atoms. The fourth-order valence-electron chi connectivity index (χ4n) is 18.1. The van der Waals surface area contributed by atoms with Crippen molar-refractivity contribution in [2.75, 3.05) is 26.4 Å². The second-order valence-corrected chi connectivity index (χ2v) is 28.4. The Labute approximate surface area is 501 Å². The van der Waals surface area contributed by atoms with E-state index in [9.17, 15) is 81.7 Å². The van der Waals surface area contributed by atoms with E-state index in [2.05, 4.69) is 27.4 Å². The van der Waals surface area contributed by atoms with E-state index in [4.69, 9.17) is 42.6 Å². The Morgan fingerprint density at radius 3 is 1.92 bits per heavy atom. The van der Waals surface area contributed by atoms with Gasteiger partial charge in [-0.1, -0.05) is 53.7 Å². The minimum atomic E-state index is -2.13. The van der Waals surface area contributed by atoms with Crippen molar-refractivity contribution in [3.63, 3.8) is 0 Å². The van der Waals surface area contributed by atoms with E-state index in [1.54, 1.807) is 13.8 Å². The number of carbonyl (C=O) groups is 1. The molecule has 0 aromatic rings. The van der Waals surface area contributed by atoms with Crippen molar-refractivity contribution in [1.82, 2.24) is 0 Å². The summed E-state index contributed by atoms with van der Waals surface area (Å²) < 4.78 is 53.2. The summed E-state index contributed by atoms with van der Waals surface area (Å²) in [5, 5.41) is 173. The predicted octanol–water partition coefficient (Wildman–Crippen LogP) is -2.46. The van der Waals surface area contributed by atoms with Gasteiger partial charge in [0.1, 0.15) is 97.7 Å². The zero-order valence-corrected chi connectivity index (χ0v) is 50.7. The molecule has 4 unspecified atom stereocenters. The van der Waals surface area contributed by atoms with Crippen molar-refractivity contribution in [2.45, 2.75) is 267 Å². The summed E-state index contributed by atoms with van der Waals surface area (Å²) in [6.07, 6.45) is -32.6. The highest BCUT2D eigenvalue weighted by molar-refractivity contribution is 5.78. The van der Waals surface area contributed by atoms with Crippen LogP contribution >= 0.6 is 0 Å². The molecule has 0 aromatic carbocycles. The van der Waals surface area contributed by atoms with Crippen LogP contribution < -0.4 is 0 Å². The number of hydrogen-bond acceptors (Lipinski definition) is 26. The number of rotatable bonds is 18. The first-order valence-electron chi connectivity index (χ1n) is 31.1. The second-order valence-electron chi connectivity index (χ2n) is 28.4. The van der Waals surface area contributed by atoms with Crippen LogP contribution in [0.1, 0.15) is 120 Å². The number of carbonyl (C=O) groups excluding carboxylic acids is 1. The summed E-state index contributed by atoms with van der Waals surface area (Å²) in [5.74, 6) is -1.35. The number of esters is 1. The van der Waals surface area contributed by atoms with E-state index in [1.807, 2.05) is 13.8 Å². The van der Waals surface area contributed by atoms with Gasteiger partial charge in [0.15, 0.2) is 25.2 Å². The molecular formula is C60H100O26. The SMILES string of the molecule is C=C(C)[C@@H]1CC[C@]2(C(=O)OC3OC(COC4O[C@H](CO)[C@@H](O[C@@H]5O[C@@H](C)[C@H](O)[C@@H](O)[C@H]5O)[C@H](O)[C@H]4O)[C@@H](O)[C@H](O)[C@H]3O)CC[C@]3(C)[C@H](CC[C@@H]4[C@@]5(C)CC[C@H](O[C@@H]6OC[C@H](O)[C@H](O)[C@H]6O[C@H](O)[C@H](O)[C@H](O)[C@@H](O)C(C)C)[C@@](C)(CO)C5CC[C@]43C)[C@@H]12. The topological polar surface area (TPSA) is 424 Å². The van der Waals surface area contributed by atoms with E-state index in [-0.39, 0.29) is 59.0 Å². The van der Waals surface area contributed by atoms with Crippen LogP contribution in [0.2, 0.25) is 0 Å². The van der Waals surface area contributed by atoms with E-state index in [0.29, 0.717) is 44.9 Å². The molecule has 9 rings (SSSR count). The molecule has 4 heterocycles. The van der Waals surface area contributed by atoms with Crippen molar-refractivity contribution in [3.05, 3.63) is 12.2 Å². The van der Waals surface area contributed by atoms with E-state index in [0.717, 1.165) is 24.8 Å². The van der Waals surface area contributed by atoms with Gasteiger partial charge in [-0.25, -0.2) is 0 Å². The lowest BCUT2D eigenvalue weighted by Crippen LogP contribution is -2.68. The maximum Gasteiger partial charge on any atom is 0.314 e. The van der Waals surface area contributed by atoms with Gasteiger partial charge in [-0.05, 0) is 130 Å². The molecule has 4 aliphatic heterocycles. The van der Waals surface area contributed by atoms with Gasteiger partial charge in [-0.3, -0.25) is 4.79 Å². The molecule has 5 aliphatic carbocycles. The van der Waals surface area contributed by atoms with Crippen LogP contribution in [0.15, 0.2) is 12.2 Å². The van der Waals surface area contributed by atoms with Gasteiger partial charge < -0.3 is 124 Å². The Bertz CT molecular complexity index is 2320. The lowest BCUT2D eigenvalue weighted by atomic mass is 9.32. The first-order valence-corrected chi connectivity index (χ1v) is 31.1. The Kier molecular flexibility index (Phi) is 20.7. The first-order chi connectivity index (χ1) is 40.3. The van der Waals surface area contributed by atoms with Crippen molar-refractivity contribution in [3.8, 4) is 0 Å². The van der Waals surface area contributed by atoms with Crippen LogP contribution in [0.5, 0.6) is 0 Å². The fraction of sp³-hybridized carbons (Fsp3) is 0.950. The highest BCUT2D eigenvalue weighted by Gasteiger charge is 2.73. The number of allylic oxidation sites excluding steroid dienone is 1. The molecule has 16 N–H and O–H groups in total. The van der Waals surface area contributed by atoms with Crippen molar-refractivity contribution >= 4 is 5.97 Å². The molecule has 496 valence electrons. The van der Waals surface area contributed by atoms with Crippen molar-refractivity contribution in [2.24, 2.45) is 62.6 Å². The van der Waals surface area contributed by atoms with E-state index >= 15 is 4.79 Å². The summed E-state index contributed by atoms with van der Waals surface area (Å²) in [5.41, 5.74) is -1.92.